The summed E-state index contributed by atoms with van der Waals surface area (Å²) in [6.45, 7) is 4.26. The van der Waals surface area contributed by atoms with Crippen LogP contribution in [0.3, 0.4) is 0 Å². The minimum absolute atomic E-state index is 0.0156. The van der Waals surface area contributed by atoms with Crippen LogP contribution < -0.4 is 11.5 Å². The van der Waals surface area contributed by atoms with Gasteiger partial charge in [0.15, 0.2) is 0 Å². The summed E-state index contributed by atoms with van der Waals surface area (Å²) in [5.74, 6) is 0.639. The van der Waals surface area contributed by atoms with Crippen LogP contribution in [0.2, 0.25) is 0 Å². The first kappa shape index (κ1) is 23.7. The third-order valence-electron chi connectivity index (χ3n) is 7.58. The highest BCUT2D eigenvalue weighted by Crippen LogP contribution is 2.57. The highest BCUT2D eigenvalue weighted by Gasteiger charge is 2.53. The Morgan fingerprint density at radius 2 is 1.10 bits per heavy atom. The molecule has 0 saturated heterocycles. The number of primary amides is 2. The molecule has 2 saturated carbocycles. The monoisotopic (exact) mass is 414 g/mol. The largest absolute Gasteiger partial charge is 0.446 e. The first-order chi connectivity index (χ1) is 13.7. The molecule has 0 heterocycles. The summed E-state index contributed by atoms with van der Waals surface area (Å²) in [7, 11) is 0. The smallest absolute Gasteiger partial charge is 0.404 e. The van der Waals surface area contributed by atoms with Crippen LogP contribution in [-0.4, -0.2) is 47.8 Å². The third kappa shape index (κ3) is 5.34. The van der Waals surface area contributed by atoms with Gasteiger partial charge < -0.3 is 31.2 Å². The average Bonchev–Trinajstić information content (AvgIpc) is 2.69. The van der Waals surface area contributed by atoms with E-state index in [1.807, 2.05) is 0 Å². The van der Waals surface area contributed by atoms with Crippen molar-refractivity contribution in [2.24, 2.45) is 40.6 Å². The summed E-state index contributed by atoms with van der Waals surface area (Å²) in [4.78, 5) is 22.2. The molecule has 0 bridgehead atoms. The Morgan fingerprint density at radius 3 is 1.34 bits per heavy atom. The van der Waals surface area contributed by atoms with Gasteiger partial charge in [0.2, 0.25) is 0 Å². The Morgan fingerprint density at radius 1 is 0.793 bits per heavy atom. The van der Waals surface area contributed by atoms with Crippen molar-refractivity contribution in [3.63, 3.8) is 0 Å². The summed E-state index contributed by atoms with van der Waals surface area (Å²) in [6.07, 6.45) is 4.64. The molecule has 168 valence electrons. The van der Waals surface area contributed by atoms with E-state index in [-0.39, 0.29) is 42.7 Å². The Kier molecular flexibility index (Phi) is 8.58. The van der Waals surface area contributed by atoms with Gasteiger partial charge >= 0.3 is 12.2 Å². The number of hydrogen-bond acceptors (Lipinski definition) is 6. The number of carbonyl (C=O) groups excluding carboxylic acids is 2. The zero-order valence-electron chi connectivity index (χ0n) is 17.7. The second-order valence-electron chi connectivity index (χ2n) is 8.99. The summed E-state index contributed by atoms with van der Waals surface area (Å²) < 4.78 is 10.4. The van der Waals surface area contributed by atoms with Crippen LogP contribution in [0, 0.1) is 29.1 Å². The van der Waals surface area contributed by atoms with Gasteiger partial charge in [0, 0.05) is 13.2 Å². The van der Waals surface area contributed by atoms with Crippen molar-refractivity contribution in [2.75, 3.05) is 13.2 Å². The number of hydrogen-bond donors (Lipinski definition) is 4. The van der Waals surface area contributed by atoms with Crippen LogP contribution in [0.25, 0.3) is 0 Å². The second kappa shape index (κ2) is 10.5. The molecule has 0 spiro atoms. The van der Waals surface area contributed by atoms with Gasteiger partial charge in [0.05, 0.1) is 0 Å². The van der Waals surface area contributed by atoms with Crippen molar-refractivity contribution in [1.29, 1.82) is 0 Å². The highest BCUT2D eigenvalue weighted by molar-refractivity contribution is 5.65. The predicted octanol–water partition coefficient (Wildman–Crippen LogP) is 2.54. The van der Waals surface area contributed by atoms with E-state index in [1.165, 1.54) is 0 Å². The van der Waals surface area contributed by atoms with E-state index in [0.29, 0.717) is 11.8 Å². The molecule has 2 amide bonds. The molecular formula is C21H38N2O6. The van der Waals surface area contributed by atoms with E-state index in [1.54, 1.807) is 0 Å². The molecular weight excluding hydrogens is 376 g/mol. The molecule has 8 nitrogen and oxygen atoms in total. The Labute approximate surface area is 173 Å². The molecule has 6 N–H and O–H groups in total. The summed E-state index contributed by atoms with van der Waals surface area (Å²) in [6, 6.07) is 0. The topological polar surface area (TPSA) is 145 Å². The number of ether oxygens (including phenoxy) is 2. The summed E-state index contributed by atoms with van der Waals surface area (Å²) in [5.41, 5.74) is 10.1. The standard InChI is InChI=1S/C21H38N2O6/c1-13(11-24)21(14(2)12-25,15-3-7-17(8-4-15)28-19(22)26)16-5-9-18(10-6-16)29-20(23)27/h13-18,24-25H,3-12H2,1-2H3,(H2,22,26)(H2,23,27). The fraction of sp³-hybridized carbons (Fsp3) is 0.905. The average molecular weight is 415 g/mol. The normalized spacial score (nSPS) is 31.9. The number of aliphatic hydroxyl groups is 2. The molecule has 0 aromatic carbocycles. The molecule has 2 aliphatic carbocycles. The lowest BCUT2D eigenvalue weighted by Crippen LogP contribution is -2.53. The van der Waals surface area contributed by atoms with Gasteiger partial charge in [-0.05, 0) is 80.5 Å². The van der Waals surface area contributed by atoms with Crippen LogP contribution in [0.15, 0.2) is 0 Å². The first-order valence-electron chi connectivity index (χ1n) is 10.9. The molecule has 2 aliphatic rings. The predicted molar refractivity (Wildman–Crippen MR) is 108 cm³/mol. The Bertz CT molecular complexity index is 493. The number of nitrogens with two attached hydrogens (primary N) is 2. The molecule has 2 fully saturated rings. The lowest BCUT2D eigenvalue weighted by atomic mass is 9.49. The van der Waals surface area contributed by atoms with E-state index in [2.05, 4.69) is 13.8 Å². The number of rotatable bonds is 8. The van der Waals surface area contributed by atoms with Crippen molar-refractivity contribution in [3.8, 4) is 0 Å². The van der Waals surface area contributed by atoms with E-state index in [9.17, 15) is 19.8 Å². The summed E-state index contributed by atoms with van der Waals surface area (Å²) in [5, 5.41) is 20.3. The molecule has 29 heavy (non-hydrogen) atoms. The quantitative estimate of drug-likeness (QED) is 0.480. The van der Waals surface area contributed by atoms with Crippen molar-refractivity contribution in [1.82, 2.24) is 0 Å². The maximum absolute atomic E-state index is 11.1. The van der Waals surface area contributed by atoms with E-state index in [4.69, 9.17) is 20.9 Å². The maximum Gasteiger partial charge on any atom is 0.404 e. The van der Waals surface area contributed by atoms with Crippen molar-refractivity contribution >= 4 is 12.2 Å². The molecule has 2 rings (SSSR count). The summed E-state index contributed by atoms with van der Waals surface area (Å²) >= 11 is 0. The van der Waals surface area contributed by atoms with Crippen LogP contribution in [0.5, 0.6) is 0 Å². The second-order valence-corrected chi connectivity index (χ2v) is 8.99. The van der Waals surface area contributed by atoms with E-state index in [0.717, 1.165) is 51.4 Å². The Balaban J connectivity index is 2.23. The van der Waals surface area contributed by atoms with Crippen LogP contribution in [0.1, 0.15) is 65.2 Å². The van der Waals surface area contributed by atoms with Gasteiger partial charge in [0.1, 0.15) is 12.2 Å². The maximum atomic E-state index is 11.1. The molecule has 0 aliphatic heterocycles. The van der Waals surface area contributed by atoms with E-state index < -0.39 is 12.2 Å². The molecule has 0 aromatic rings. The van der Waals surface area contributed by atoms with Crippen molar-refractivity contribution < 1.29 is 29.3 Å². The molecule has 0 aromatic heterocycles. The fourth-order valence-corrected chi connectivity index (χ4v) is 6.43. The minimum atomic E-state index is -0.736. The zero-order chi connectivity index (χ0) is 21.6. The van der Waals surface area contributed by atoms with Gasteiger partial charge in [0.25, 0.3) is 0 Å². The lowest BCUT2D eigenvalue weighted by molar-refractivity contribution is -0.115. The van der Waals surface area contributed by atoms with Crippen LogP contribution in [0.4, 0.5) is 9.59 Å². The van der Waals surface area contributed by atoms with Crippen molar-refractivity contribution in [2.45, 2.75) is 77.4 Å². The zero-order valence-corrected chi connectivity index (χ0v) is 17.7. The van der Waals surface area contributed by atoms with E-state index >= 15 is 0 Å². The number of carbonyl (C=O) groups is 2. The van der Waals surface area contributed by atoms with Gasteiger partial charge in [-0.1, -0.05) is 13.8 Å². The van der Waals surface area contributed by atoms with Gasteiger partial charge in [-0.25, -0.2) is 9.59 Å². The third-order valence-corrected chi connectivity index (χ3v) is 7.58. The SMILES string of the molecule is CC(CO)C(C(C)CO)(C1CCC(OC(N)=O)CC1)C1CCC(OC(N)=O)CC1. The molecule has 8 heteroatoms. The number of aliphatic hydroxyl groups excluding tert-OH is 2. The van der Waals surface area contributed by atoms with Gasteiger partial charge in [-0.3, -0.25) is 0 Å². The van der Waals surface area contributed by atoms with Crippen LogP contribution >= 0.6 is 0 Å². The Hall–Kier alpha value is -1.54. The minimum Gasteiger partial charge on any atom is -0.446 e. The van der Waals surface area contributed by atoms with Gasteiger partial charge in [-0.2, -0.15) is 0 Å². The highest BCUT2D eigenvalue weighted by atomic mass is 16.6. The number of amides is 2. The molecule has 2 atom stereocenters. The van der Waals surface area contributed by atoms with Gasteiger partial charge in [-0.15, -0.1) is 0 Å². The van der Waals surface area contributed by atoms with Crippen LogP contribution in [-0.2, 0) is 9.47 Å². The molecule has 2 unspecified atom stereocenters. The van der Waals surface area contributed by atoms with Crippen molar-refractivity contribution in [3.05, 3.63) is 0 Å². The molecule has 0 radical (unpaired) electrons. The lowest BCUT2D eigenvalue weighted by Gasteiger charge is -2.56. The first-order valence-corrected chi connectivity index (χ1v) is 10.9. The fourth-order valence-electron chi connectivity index (χ4n) is 6.43.